The van der Waals surface area contributed by atoms with Crippen LogP contribution in [-0.2, 0) is 5.41 Å². The first-order valence-corrected chi connectivity index (χ1v) is 24.1. The number of anilines is 3. The molecule has 326 valence electrons. The summed E-state index contributed by atoms with van der Waals surface area (Å²) in [7, 11) is 0. The number of furan rings is 2. The highest BCUT2D eigenvalue weighted by Gasteiger charge is 2.53. The van der Waals surface area contributed by atoms with Gasteiger partial charge in [0.2, 0.25) is 0 Å². The minimum absolute atomic E-state index is 0.607. The second kappa shape index (κ2) is 14.9. The molecule has 2 heterocycles. The van der Waals surface area contributed by atoms with Gasteiger partial charge in [0.15, 0.2) is 0 Å². The van der Waals surface area contributed by atoms with Crippen LogP contribution in [0.1, 0.15) is 22.3 Å². The molecule has 0 radical (unpaired) electrons. The molecule has 0 N–H and O–H groups in total. The molecule has 0 aliphatic heterocycles. The Kier molecular flexibility index (Phi) is 8.28. The van der Waals surface area contributed by atoms with Gasteiger partial charge in [-0.1, -0.05) is 200 Å². The van der Waals surface area contributed by atoms with Gasteiger partial charge in [-0.15, -0.1) is 0 Å². The molecule has 3 heteroatoms. The highest BCUT2D eigenvalue weighted by atomic mass is 16.3. The second-order valence-electron chi connectivity index (χ2n) is 18.6. The average Bonchev–Trinajstić information content (AvgIpc) is 4.18. The number of fused-ring (bicyclic) bond motifs is 17. The Morgan fingerprint density at radius 1 is 0.286 bits per heavy atom. The van der Waals surface area contributed by atoms with E-state index in [1.165, 1.54) is 61.2 Å². The lowest BCUT2D eigenvalue weighted by Crippen LogP contribution is -2.26. The molecular formula is C67H41NO2. The Morgan fingerprint density at radius 3 is 1.59 bits per heavy atom. The lowest BCUT2D eigenvalue weighted by Gasteiger charge is -2.31. The standard InChI is InChI=1S/C67H41NO2/c1-3-16-42(17-4-1)43-32-36-46(37-33-43)68(45-18-5-2-6-19-45)47-38-34-44(35-39-47)48-23-13-27-56-63-61(70-65(48)56)41-40-52-49-20-7-10-28-57(49)67(64(52)63)58-29-11-8-22-55(58)62-51(24-15-30-59(62)67)54-26-14-25-53-50-21-9-12-31-60(50)69-66(53)54/h1-41H. The van der Waals surface area contributed by atoms with Gasteiger partial charge >= 0.3 is 0 Å². The van der Waals surface area contributed by atoms with Gasteiger partial charge in [0.25, 0.3) is 0 Å². The molecule has 2 aliphatic carbocycles. The topological polar surface area (TPSA) is 29.5 Å². The first kappa shape index (κ1) is 38.9. The largest absolute Gasteiger partial charge is 0.455 e. The van der Waals surface area contributed by atoms with Crippen molar-refractivity contribution in [2.45, 2.75) is 5.41 Å². The molecule has 11 aromatic carbocycles. The zero-order valence-electron chi connectivity index (χ0n) is 37.9. The third kappa shape index (κ3) is 5.40. The third-order valence-corrected chi connectivity index (χ3v) is 15.1. The maximum atomic E-state index is 7.15. The number of nitrogens with zero attached hydrogens (tertiary/aromatic N) is 1. The van der Waals surface area contributed by atoms with Crippen LogP contribution in [0.25, 0.3) is 99.5 Å². The maximum absolute atomic E-state index is 7.15. The summed E-state index contributed by atoms with van der Waals surface area (Å²) >= 11 is 0. The maximum Gasteiger partial charge on any atom is 0.143 e. The van der Waals surface area contributed by atoms with Gasteiger partial charge in [0, 0.05) is 49.7 Å². The van der Waals surface area contributed by atoms with E-state index in [0.29, 0.717) is 0 Å². The first-order chi connectivity index (χ1) is 34.7. The quantitative estimate of drug-likeness (QED) is 0.167. The summed E-state index contributed by atoms with van der Waals surface area (Å²) in [6.45, 7) is 0. The number of benzene rings is 11. The summed E-state index contributed by atoms with van der Waals surface area (Å²) in [5.41, 5.74) is 23.2. The molecule has 13 aromatic rings. The van der Waals surface area contributed by atoms with Crippen molar-refractivity contribution in [3.8, 4) is 55.6 Å². The molecular weight excluding hydrogens is 851 g/mol. The van der Waals surface area contributed by atoms with Crippen molar-refractivity contribution < 1.29 is 8.83 Å². The predicted molar refractivity (Wildman–Crippen MR) is 288 cm³/mol. The van der Waals surface area contributed by atoms with Crippen LogP contribution < -0.4 is 4.90 Å². The van der Waals surface area contributed by atoms with E-state index in [0.717, 1.165) is 77.6 Å². The summed E-state index contributed by atoms with van der Waals surface area (Å²) in [6, 6.07) is 90.0. The zero-order chi connectivity index (χ0) is 45.9. The Bertz CT molecular complexity index is 4220. The van der Waals surface area contributed by atoms with Crippen molar-refractivity contribution in [1.82, 2.24) is 0 Å². The van der Waals surface area contributed by atoms with E-state index in [1.54, 1.807) is 0 Å². The van der Waals surface area contributed by atoms with Crippen LogP contribution in [0.2, 0.25) is 0 Å². The molecule has 0 saturated heterocycles. The molecule has 2 aromatic heterocycles. The molecule has 1 spiro atoms. The van der Waals surface area contributed by atoms with E-state index in [9.17, 15) is 0 Å². The fourth-order valence-electron chi connectivity index (χ4n) is 12.2. The Hall–Kier alpha value is -9.18. The minimum Gasteiger partial charge on any atom is -0.455 e. The molecule has 0 bridgehead atoms. The van der Waals surface area contributed by atoms with Gasteiger partial charge < -0.3 is 13.7 Å². The SMILES string of the molecule is c1ccc(-c2ccc(N(c3ccccc3)c3ccc(-c4cccc5c4oc4ccc6c(c45)C4(c5ccccc5-6)c5ccccc5-c5c(-c6cccc7c6oc6ccccc67)cccc54)cc3)cc2)cc1. The second-order valence-corrected chi connectivity index (χ2v) is 18.6. The van der Waals surface area contributed by atoms with Crippen molar-refractivity contribution in [3.05, 3.63) is 271 Å². The van der Waals surface area contributed by atoms with E-state index < -0.39 is 5.41 Å². The summed E-state index contributed by atoms with van der Waals surface area (Å²) in [4.78, 5) is 2.32. The molecule has 1 unspecified atom stereocenters. The minimum atomic E-state index is -0.607. The molecule has 70 heavy (non-hydrogen) atoms. The third-order valence-electron chi connectivity index (χ3n) is 15.1. The normalized spacial score (nSPS) is 14.3. The molecule has 1 atom stereocenters. The molecule has 0 amide bonds. The summed E-state index contributed by atoms with van der Waals surface area (Å²) in [5.74, 6) is 0. The van der Waals surface area contributed by atoms with Crippen LogP contribution >= 0.6 is 0 Å². The van der Waals surface area contributed by atoms with Gasteiger partial charge in [-0.3, -0.25) is 0 Å². The highest BCUT2D eigenvalue weighted by molar-refractivity contribution is 6.17. The van der Waals surface area contributed by atoms with E-state index in [4.69, 9.17) is 8.83 Å². The van der Waals surface area contributed by atoms with Gasteiger partial charge in [-0.25, -0.2) is 0 Å². The van der Waals surface area contributed by atoms with Crippen molar-refractivity contribution in [2.24, 2.45) is 0 Å². The fraction of sp³-hybridized carbons (Fsp3) is 0.0149. The number of rotatable bonds is 6. The van der Waals surface area contributed by atoms with Gasteiger partial charge in [0.05, 0.1) is 5.41 Å². The van der Waals surface area contributed by atoms with Crippen molar-refractivity contribution >= 4 is 60.9 Å². The summed E-state index contributed by atoms with van der Waals surface area (Å²) in [5, 5.41) is 4.52. The molecule has 2 aliphatic rings. The average molecular weight is 892 g/mol. The Morgan fingerprint density at radius 2 is 0.800 bits per heavy atom. The van der Waals surface area contributed by atoms with E-state index in [1.807, 2.05) is 6.07 Å². The smallest absolute Gasteiger partial charge is 0.143 e. The van der Waals surface area contributed by atoms with Crippen LogP contribution in [0.3, 0.4) is 0 Å². The number of para-hydroxylation sites is 4. The van der Waals surface area contributed by atoms with Gasteiger partial charge in [0.1, 0.15) is 22.3 Å². The van der Waals surface area contributed by atoms with Crippen molar-refractivity contribution in [2.75, 3.05) is 4.90 Å². The Labute approximate surface area is 404 Å². The van der Waals surface area contributed by atoms with Crippen LogP contribution in [-0.4, -0.2) is 0 Å². The van der Waals surface area contributed by atoms with Crippen LogP contribution in [0.5, 0.6) is 0 Å². The van der Waals surface area contributed by atoms with E-state index in [-0.39, 0.29) is 0 Å². The van der Waals surface area contributed by atoms with E-state index >= 15 is 0 Å². The Balaban J connectivity index is 0.909. The summed E-state index contributed by atoms with van der Waals surface area (Å²) in [6.07, 6.45) is 0. The van der Waals surface area contributed by atoms with Crippen LogP contribution in [0.4, 0.5) is 17.1 Å². The van der Waals surface area contributed by atoms with Gasteiger partial charge in [-0.05, 0) is 115 Å². The molecule has 0 fully saturated rings. The molecule has 0 saturated carbocycles. The fourth-order valence-corrected chi connectivity index (χ4v) is 12.2. The van der Waals surface area contributed by atoms with E-state index in [2.05, 4.69) is 248 Å². The van der Waals surface area contributed by atoms with Crippen molar-refractivity contribution in [1.29, 1.82) is 0 Å². The molecule has 15 rings (SSSR count). The first-order valence-electron chi connectivity index (χ1n) is 24.1. The zero-order valence-corrected chi connectivity index (χ0v) is 37.9. The lowest BCUT2D eigenvalue weighted by molar-refractivity contribution is 0.669. The molecule has 3 nitrogen and oxygen atoms in total. The summed E-state index contributed by atoms with van der Waals surface area (Å²) < 4.78 is 13.9. The van der Waals surface area contributed by atoms with Crippen LogP contribution in [0, 0.1) is 0 Å². The highest BCUT2D eigenvalue weighted by Crippen LogP contribution is 2.66. The van der Waals surface area contributed by atoms with Crippen LogP contribution in [0.15, 0.2) is 258 Å². The monoisotopic (exact) mass is 891 g/mol. The van der Waals surface area contributed by atoms with Crippen molar-refractivity contribution in [3.63, 3.8) is 0 Å². The lowest BCUT2D eigenvalue weighted by atomic mass is 9.69. The van der Waals surface area contributed by atoms with Gasteiger partial charge in [-0.2, -0.15) is 0 Å². The number of hydrogen-bond donors (Lipinski definition) is 0. The number of hydrogen-bond acceptors (Lipinski definition) is 3. The predicted octanol–water partition coefficient (Wildman–Crippen LogP) is 18.3.